The van der Waals surface area contributed by atoms with Crippen LogP contribution in [0.2, 0.25) is 0 Å². The fraction of sp³-hybridized carbons (Fsp3) is 0.476. The predicted octanol–water partition coefficient (Wildman–Crippen LogP) is 4.25. The van der Waals surface area contributed by atoms with Gasteiger partial charge in [0.25, 0.3) is 26.0 Å². The largest absolute Gasteiger partial charge is 0.373 e. The SMILES string of the molecule is CN(C(=O)c1cc(S(=O)(=O)NC(=O)Nc2c3c(cc4c2CCC4)CCC3)nn1C)C1CCCC1.Cn1ccc(S(=O)(=O)NC(=O)Nc2c3c(cc4c2CCC4)CCC3)n1.O=C=O. The lowest BCUT2D eigenvalue weighted by molar-refractivity contribution is -0.191. The third-order valence-electron chi connectivity index (χ3n) is 12.4. The zero-order valence-electron chi connectivity index (χ0n) is 35.0. The van der Waals surface area contributed by atoms with E-state index in [0.717, 1.165) is 136 Å². The summed E-state index contributed by atoms with van der Waals surface area (Å²) in [7, 11) is -3.34. The van der Waals surface area contributed by atoms with Crippen LogP contribution in [0.15, 0.2) is 40.5 Å². The van der Waals surface area contributed by atoms with Crippen LogP contribution in [0.5, 0.6) is 0 Å². The minimum atomic E-state index is -4.25. The highest BCUT2D eigenvalue weighted by Crippen LogP contribution is 2.40. The number of anilines is 2. The van der Waals surface area contributed by atoms with Gasteiger partial charge in [0.05, 0.1) is 0 Å². The number of hydrogen-bond acceptors (Lipinski definition) is 11. The fourth-order valence-corrected chi connectivity index (χ4v) is 11.3. The molecule has 5 amide bonds. The average molecular weight is 890 g/mol. The van der Waals surface area contributed by atoms with Crippen LogP contribution in [-0.4, -0.2) is 78.5 Å². The van der Waals surface area contributed by atoms with Gasteiger partial charge in [0, 0.05) is 50.8 Å². The van der Waals surface area contributed by atoms with Crippen molar-refractivity contribution >= 4 is 55.5 Å². The van der Waals surface area contributed by atoms with Gasteiger partial charge in [-0.05, 0) is 140 Å². The van der Waals surface area contributed by atoms with Crippen LogP contribution in [-0.2, 0) is 95.1 Å². The number of aromatic nitrogens is 4. The Balaban J connectivity index is 0.000000183. The Kier molecular flexibility index (Phi) is 13.0. The molecule has 20 heteroatoms. The van der Waals surface area contributed by atoms with Gasteiger partial charge in [-0.1, -0.05) is 25.0 Å². The molecule has 9 rings (SSSR count). The van der Waals surface area contributed by atoms with Crippen LogP contribution in [0, 0.1) is 0 Å². The molecule has 2 aromatic heterocycles. The highest BCUT2D eigenvalue weighted by atomic mass is 32.2. The summed E-state index contributed by atoms with van der Waals surface area (Å²) in [6.07, 6.45) is 17.6. The molecule has 0 spiro atoms. The van der Waals surface area contributed by atoms with Gasteiger partial charge in [-0.25, -0.2) is 19.0 Å². The monoisotopic (exact) mass is 889 g/mol. The average Bonchev–Trinajstić information content (AvgIpc) is 4.05. The molecule has 0 bridgehead atoms. The number of carbonyl (C=O) groups is 3. The number of aryl methyl sites for hydroxylation is 6. The summed E-state index contributed by atoms with van der Waals surface area (Å²) in [5.41, 5.74) is 11.4. The lowest BCUT2D eigenvalue weighted by atomic mass is 9.99. The Morgan fingerprint density at radius 2 is 1.06 bits per heavy atom. The number of amides is 5. The second kappa shape index (κ2) is 18.2. The molecule has 0 radical (unpaired) electrons. The van der Waals surface area contributed by atoms with E-state index >= 15 is 0 Å². The Morgan fingerprint density at radius 3 is 1.47 bits per heavy atom. The molecule has 5 aliphatic carbocycles. The normalized spacial score (nSPS) is 16.0. The van der Waals surface area contributed by atoms with Gasteiger partial charge >= 0.3 is 18.2 Å². The molecule has 1 fully saturated rings. The number of sulfonamides is 2. The number of hydrogen-bond donors (Lipinski definition) is 4. The van der Waals surface area contributed by atoms with Crippen LogP contribution < -0.4 is 20.1 Å². The fourth-order valence-electron chi connectivity index (χ4n) is 9.51. The maximum absolute atomic E-state index is 12.9. The molecular formula is C42H51N9O9S2. The van der Waals surface area contributed by atoms with E-state index in [2.05, 4.69) is 42.4 Å². The van der Waals surface area contributed by atoms with E-state index in [1.54, 1.807) is 19.0 Å². The van der Waals surface area contributed by atoms with Crippen molar-refractivity contribution in [2.45, 2.75) is 119 Å². The van der Waals surface area contributed by atoms with E-state index in [4.69, 9.17) is 9.59 Å². The standard InChI is InChI=1S/C24H31N5O4S.C17H20N4O3S.CO2/c1-28(17-9-3-4-10-17)23(30)20-14-21(26-29(20)2)34(32,33)27-24(31)25-22-18-11-5-7-15(18)13-16-8-6-12-19(16)22;1-21-9-8-15(19-21)25(23,24)20-17(22)18-16-13-6-2-4-11(13)10-12-5-3-7-14(12)16;2-1-3/h13-14,17H,3-12H2,1-2H3,(H2,25,27,31);8-10H,2-7H2,1H3,(H2,18,20,22);. The van der Waals surface area contributed by atoms with Crippen molar-refractivity contribution in [3.63, 3.8) is 0 Å². The van der Waals surface area contributed by atoms with E-state index in [1.807, 2.05) is 0 Å². The summed E-state index contributed by atoms with van der Waals surface area (Å²) in [4.78, 5) is 56.0. The molecule has 0 unspecified atom stereocenters. The molecule has 4 aromatic rings. The minimum absolute atomic E-state index is 0.153. The molecule has 4 N–H and O–H groups in total. The minimum Gasteiger partial charge on any atom is -0.337 e. The van der Waals surface area contributed by atoms with Crippen LogP contribution in [0.25, 0.3) is 0 Å². The molecule has 62 heavy (non-hydrogen) atoms. The Bertz CT molecular complexity index is 2610. The van der Waals surface area contributed by atoms with Crippen molar-refractivity contribution in [2.24, 2.45) is 14.1 Å². The summed E-state index contributed by atoms with van der Waals surface area (Å²) in [6, 6.07) is 5.71. The molecule has 330 valence electrons. The van der Waals surface area contributed by atoms with Crippen LogP contribution >= 0.6 is 0 Å². The number of nitrogens with one attached hydrogen (secondary N) is 4. The van der Waals surface area contributed by atoms with Crippen molar-refractivity contribution in [3.05, 3.63) is 80.7 Å². The zero-order chi connectivity index (χ0) is 44.3. The van der Waals surface area contributed by atoms with Gasteiger partial charge in [-0.2, -0.15) is 36.6 Å². The lowest BCUT2D eigenvalue weighted by Crippen LogP contribution is -2.36. The third-order valence-corrected chi connectivity index (χ3v) is 14.8. The summed E-state index contributed by atoms with van der Waals surface area (Å²) < 4.78 is 57.2. The molecule has 2 heterocycles. The predicted molar refractivity (Wildman–Crippen MR) is 225 cm³/mol. The van der Waals surface area contributed by atoms with Crippen LogP contribution in [0.3, 0.4) is 0 Å². The first-order valence-corrected chi connectivity index (χ1v) is 23.9. The molecule has 1 saturated carbocycles. The quantitative estimate of drug-likeness (QED) is 0.195. The van der Waals surface area contributed by atoms with E-state index in [-0.39, 0.29) is 33.8 Å². The molecule has 0 saturated heterocycles. The second-order valence-corrected chi connectivity index (χ2v) is 19.6. The molecular weight excluding hydrogens is 839 g/mol. The Hall–Kier alpha value is -5.85. The number of fused-ring (bicyclic) bond motifs is 4. The number of rotatable bonds is 8. The van der Waals surface area contributed by atoms with Gasteiger partial charge < -0.3 is 15.5 Å². The van der Waals surface area contributed by atoms with E-state index in [9.17, 15) is 31.2 Å². The summed E-state index contributed by atoms with van der Waals surface area (Å²) in [5, 5.41) is 13.0. The molecule has 0 aliphatic heterocycles. The zero-order valence-corrected chi connectivity index (χ0v) is 36.6. The van der Waals surface area contributed by atoms with Crippen LogP contribution in [0.1, 0.15) is 106 Å². The number of urea groups is 2. The van der Waals surface area contributed by atoms with Gasteiger partial charge in [0.15, 0.2) is 10.1 Å². The molecule has 5 aliphatic rings. The van der Waals surface area contributed by atoms with Crippen molar-refractivity contribution < 1.29 is 40.8 Å². The number of carbonyl (C=O) groups excluding carboxylic acids is 5. The Labute approximate surface area is 360 Å². The maximum atomic E-state index is 12.9. The highest BCUT2D eigenvalue weighted by Gasteiger charge is 2.31. The summed E-state index contributed by atoms with van der Waals surface area (Å²) in [6.45, 7) is 0. The molecule has 2 aromatic carbocycles. The van der Waals surface area contributed by atoms with Gasteiger partial charge in [-0.15, -0.1) is 0 Å². The van der Waals surface area contributed by atoms with Gasteiger partial charge in [-0.3, -0.25) is 14.2 Å². The summed E-state index contributed by atoms with van der Waals surface area (Å²) >= 11 is 0. The van der Waals surface area contributed by atoms with Crippen molar-refractivity contribution in [1.82, 2.24) is 33.9 Å². The highest BCUT2D eigenvalue weighted by molar-refractivity contribution is 7.90. The lowest BCUT2D eigenvalue weighted by Gasteiger charge is -2.24. The third kappa shape index (κ3) is 9.31. The van der Waals surface area contributed by atoms with Crippen LogP contribution in [0.4, 0.5) is 21.0 Å². The topological polar surface area (TPSA) is 241 Å². The second-order valence-electron chi connectivity index (χ2n) is 16.3. The first-order chi connectivity index (χ1) is 29.6. The first kappa shape index (κ1) is 44.2. The Morgan fingerprint density at radius 1 is 0.645 bits per heavy atom. The van der Waals surface area contributed by atoms with Crippen molar-refractivity contribution in [3.8, 4) is 0 Å². The van der Waals surface area contributed by atoms with Crippen molar-refractivity contribution in [2.75, 3.05) is 17.7 Å². The van der Waals surface area contributed by atoms with Crippen molar-refractivity contribution in [1.29, 1.82) is 0 Å². The van der Waals surface area contributed by atoms with E-state index in [0.29, 0.717) is 0 Å². The maximum Gasteiger partial charge on any atom is 0.373 e. The van der Waals surface area contributed by atoms with E-state index in [1.165, 1.54) is 57.0 Å². The van der Waals surface area contributed by atoms with Gasteiger partial charge in [0.2, 0.25) is 0 Å². The molecule has 0 atom stereocenters. The smallest absolute Gasteiger partial charge is 0.337 e. The molecule has 18 nitrogen and oxygen atoms in total. The van der Waals surface area contributed by atoms with Gasteiger partial charge in [0.1, 0.15) is 5.69 Å². The first-order valence-electron chi connectivity index (χ1n) is 20.9. The number of nitrogens with zero attached hydrogens (tertiary/aromatic N) is 5. The van der Waals surface area contributed by atoms with E-state index < -0.39 is 32.1 Å². The number of benzene rings is 2. The summed E-state index contributed by atoms with van der Waals surface area (Å²) in [5.74, 6) is -0.275.